The first-order valence-corrected chi connectivity index (χ1v) is 10.3. The maximum Gasteiger partial charge on any atom is 0.251 e. The van der Waals surface area contributed by atoms with Crippen LogP contribution in [0.5, 0.6) is 0 Å². The van der Waals surface area contributed by atoms with E-state index in [1.54, 1.807) is 12.1 Å². The van der Waals surface area contributed by atoms with E-state index in [9.17, 15) is 13.2 Å². The molecule has 0 bridgehead atoms. The highest BCUT2D eigenvalue weighted by Crippen LogP contribution is 2.20. The largest absolute Gasteiger partial charge is 0.347 e. The SMILES string of the molecule is CC(C)(C)NC(=O)c1cccc(S(=O)(=O)NCCC2=CCCCC2)c1. The van der Waals surface area contributed by atoms with Crippen molar-refractivity contribution in [1.82, 2.24) is 10.0 Å². The van der Waals surface area contributed by atoms with E-state index < -0.39 is 10.0 Å². The van der Waals surface area contributed by atoms with Gasteiger partial charge in [-0.05, 0) is 71.1 Å². The summed E-state index contributed by atoms with van der Waals surface area (Å²) in [5.41, 5.74) is 1.29. The molecule has 6 heteroatoms. The Labute approximate surface area is 151 Å². The third kappa shape index (κ3) is 6.29. The topological polar surface area (TPSA) is 75.3 Å². The molecule has 0 heterocycles. The van der Waals surface area contributed by atoms with Crippen molar-refractivity contribution >= 4 is 15.9 Å². The zero-order chi connectivity index (χ0) is 18.5. The summed E-state index contributed by atoms with van der Waals surface area (Å²) in [6, 6.07) is 6.14. The van der Waals surface area contributed by atoms with E-state index >= 15 is 0 Å². The van der Waals surface area contributed by atoms with Gasteiger partial charge in [0.1, 0.15) is 0 Å². The lowest BCUT2D eigenvalue weighted by Gasteiger charge is -2.20. The molecule has 0 radical (unpaired) electrons. The Balaban J connectivity index is 2.02. The van der Waals surface area contributed by atoms with Crippen LogP contribution in [0.15, 0.2) is 40.8 Å². The molecule has 0 unspecified atom stereocenters. The van der Waals surface area contributed by atoms with Crippen LogP contribution < -0.4 is 10.0 Å². The monoisotopic (exact) mass is 364 g/mol. The van der Waals surface area contributed by atoms with Gasteiger partial charge in [0.15, 0.2) is 0 Å². The molecule has 0 atom stereocenters. The van der Waals surface area contributed by atoms with Gasteiger partial charge in [-0.3, -0.25) is 4.79 Å². The number of amides is 1. The lowest BCUT2D eigenvalue weighted by molar-refractivity contribution is 0.0919. The highest BCUT2D eigenvalue weighted by molar-refractivity contribution is 7.89. The molecule has 0 fully saturated rings. The average Bonchev–Trinajstić information content (AvgIpc) is 2.54. The van der Waals surface area contributed by atoms with E-state index in [4.69, 9.17) is 0 Å². The van der Waals surface area contributed by atoms with Crippen LogP contribution in [0.3, 0.4) is 0 Å². The fourth-order valence-corrected chi connectivity index (χ4v) is 3.86. The second-order valence-corrected chi connectivity index (χ2v) is 9.25. The van der Waals surface area contributed by atoms with E-state index in [2.05, 4.69) is 16.1 Å². The minimum atomic E-state index is -3.62. The van der Waals surface area contributed by atoms with Gasteiger partial charge in [-0.1, -0.05) is 17.7 Å². The number of benzene rings is 1. The van der Waals surface area contributed by atoms with Gasteiger partial charge in [0.25, 0.3) is 5.91 Å². The molecule has 0 saturated carbocycles. The van der Waals surface area contributed by atoms with Crippen LogP contribution in [0.2, 0.25) is 0 Å². The molecule has 2 N–H and O–H groups in total. The normalized spacial score (nSPS) is 15.6. The zero-order valence-electron chi connectivity index (χ0n) is 15.3. The fourth-order valence-electron chi connectivity index (χ4n) is 2.78. The third-order valence-corrected chi connectivity index (χ3v) is 5.48. The summed E-state index contributed by atoms with van der Waals surface area (Å²) in [6.45, 7) is 6.03. The highest BCUT2D eigenvalue weighted by Gasteiger charge is 2.19. The lowest BCUT2D eigenvalue weighted by Crippen LogP contribution is -2.40. The molecule has 138 valence electrons. The molecule has 2 rings (SSSR count). The molecule has 25 heavy (non-hydrogen) atoms. The molecule has 1 aromatic rings. The van der Waals surface area contributed by atoms with Crippen LogP contribution in [0.4, 0.5) is 0 Å². The van der Waals surface area contributed by atoms with Crippen molar-refractivity contribution in [2.45, 2.75) is 63.3 Å². The number of hydrogen-bond donors (Lipinski definition) is 2. The summed E-state index contributed by atoms with van der Waals surface area (Å²) in [6.07, 6.45) is 7.51. The summed E-state index contributed by atoms with van der Waals surface area (Å²) < 4.78 is 27.6. The molecular formula is C19H28N2O3S. The Hall–Kier alpha value is -1.66. The van der Waals surface area contributed by atoms with Crippen LogP contribution in [-0.2, 0) is 10.0 Å². The van der Waals surface area contributed by atoms with E-state index in [0.29, 0.717) is 12.1 Å². The predicted octanol–water partition coefficient (Wildman–Crippen LogP) is 3.38. The highest BCUT2D eigenvalue weighted by atomic mass is 32.2. The number of carbonyl (C=O) groups excluding carboxylic acids is 1. The third-order valence-electron chi connectivity index (χ3n) is 4.02. The molecule has 1 aliphatic rings. The lowest BCUT2D eigenvalue weighted by atomic mass is 9.97. The van der Waals surface area contributed by atoms with Gasteiger partial charge in [-0.25, -0.2) is 13.1 Å². The first-order valence-electron chi connectivity index (χ1n) is 8.77. The Morgan fingerprint density at radius 3 is 2.60 bits per heavy atom. The molecular weight excluding hydrogens is 336 g/mol. The quantitative estimate of drug-likeness (QED) is 0.760. The van der Waals surface area contributed by atoms with E-state index in [1.165, 1.54) is 30.5 Å². The molecule has 0 spiro atoms. The predicted molar refractivity (Wildman–Crippen MR) is 100 cm³/mol. The number of hydrogen-bond acceptors (Lipinski definition) is 3. The van der Waals surface area contributed by atoms with Crippen molar-refractivity contribution in [2.24, 2.45) is 0 Å². The van der Waals surface area contributed by atoms with Gasteiger partial charge < -0.3 is 5.32 Å². The van der Waals surface area contributed by atoms with Gasteiger partial charge in [0, 0.05) is 17.6 Å². The maximum absolute atomic E-state index is 12.5. The summed E-state index contributed by atoms with van der Waals surface area (Å²) in [5.74, 6) is -0.281. The molecule has 0 saturated heterocycles. The minimum absolute atomic E-state index is 0.117. The Kier molecular flexibility index (Phi) is 6.41. The van der Waals surface area contributed by atoms with Crippen LogP contribution in [0, 0.1) is 0 Å². The smallest absolute Gasteiger partial charge is 0.251 e. The fraction of sp³-hybridized carbons (Fsp3) is 0.526. The second kappa shape index (κ2) is 8.15. The van der Waals surface area contributed by atoms with Gasteiger partial charge >= 0.3 is 0 Å². The molecule has 1 amide bonds. The Morgan fingerprint density at radius 1 is 1.20 bits per heavy atom. The Bertz CT molecular complexity index is 746. The molecule has 1 aromatic carbocycles. The van der Waals surface area contributed by atoms with Crippen molar-refractivity contribution in [1.29, 1.82) is 0 Å². The average molecular weight is 365 g/mol. The number of allylic oxidation sites excluding steroid dienone is 1. The maximum atomic E-state index is 12.5. The van der Waals surface area contributed by atoms with Crippen molar-refractivity contribution < 1.29 is 13.2 Å². The summed E-state index contributed by atoms with van der Waals surface area (Å²) in [5, 5.41) is 2.84. The molecule has 1 aliphatic carbocycles. The zero-order valence-corrected chi connectivity index (χ0v) is 16.1. The van der Waals surface area contributed by atoms with Crippen molar-refractivity contribution in [2.75, 3.05) is 6.54 Å². The molecule has 5 nitrogen and oxygen atoms in total. The van der Waals surface area contributed by atoms with E-state index in [0.717, 1.165) is 19.3 Å². The summed E-state index contributed by atoms with van der Waals surface area (Å²) in [7, 11) is -3.62. The number of rotatable bonds is 6. The van der Waals surface area contributed by atoms with Crippen LogP contribution in [0.25, 0.3) is 0 Å². The summed E-state index contributed by atoms with van der Waals surface area (Å²) >= 11 is 0. The van der Waals surface area contributed by atoms with Crippen molar-refractivity contribution in [3.8, 4) is 0 Å². The number of nitrogens with one attached hydrogen (secondary N) is 2. The number of sulfonamides is 1. The van der Waals surface area contributed by atoms with Gasteiger partial charge in [-0.15, -0.1) is 0 Å². The molecule has 0 aromatic heterocycles. The number of carbonyl (C=O) groups is 1. The van der Waals surface area contributed by atoms with Crippen molar-refractivity contribution in [3.05, 3.63) is 41.5 Å². The second-order valence-electron chi connectivity index (χ2n) is 7.49. The van der Waals surface area contributed by atoms with Crippen LogP contribution in [0.1, 0.15) is 63.2 Å². The first-order chi connectivity index (χ1) is 11.7. The van der Waals surface area contributed by atoms with Crippen LogP contribution in [-0.4, -0.2) is 26.4 Å². The van der Waals surface area contributed by atoms with Gasteiger partial charge in [-0.2, -0.15) is 0 Å². The van der Waals surface area contributed by atoms with Crippen LogP contribution >= 0.6 is 0 Å². The van der Waals surface area contributed by atoms with Gasteiger partial charge in [0.05, 0.1) is 4.90 Å². The first kappa shape index (κ1) is 19.7. The Morgan fingerprint density at radius 2 is 1.96 bits per heavy atom. The van der Waals surface area contributed by atoms with E-state index in [-0.39, 0.29) is 16.3 Å². The molecule has 0 aliphatic heterocycles. The standard InChI is InChI=1S/C19H28N2O3S/c1-19(2,3)21-18(22)16-10-7-11-17(14-16)25(23,24)20-13-12-15-8-5-4-6-9-15/h7-8,10-11,14,20H,4-6,9,12-13H2,1-3H3,(H,21,22). The van der Waals surface area contributed by atoms with Crippen molar-refractivity contribution in [3.63, 3.8) is 0 Å². The van der Waals surface area contributed by atoms with Gasteiger partial charge in [0.2, 0.25) is 10.0 Å². The minimum Gasteiger partial charge on any atom is -0.347 e. The van der Waals surface area contributed by atoms with E-state index in [1.807, 2.05) is 20.8 Å². The summed E-state index contributed by atoms with van der Waals surface area (Å²) in [4.78, 5) is 12.3.